The van der Waals surface area contributed by atoms with Gasteiger partial charge in [-0.15, -0.1) is 0 Å². The molecule has 1 aromatic heterocycles. The van der Waals surface area contributed by atoms with Crippen molar-refractivity contribution in [2.24, 2.45) is 5.84 Å². The van der Waals surface area contributed by atoms with Gasteiger partial charge in [0.05, 0.1) is 12.8 Å². The van der Waals surface area contributed by atoms with Crippen molar-refractivity contribution in [2.75, 3.05) is 6.61 Å². The third-order valence-electron chi connectivity index (χ3n) is 3.81. The zero-order valence-corrected chi connectivity index (χ0v) is 11.2. The van der Waals surface area contributed by atoms with E-state index in [1.807, 2.05) is 18.2 Å². The van der Waals surface area contributed by atoms with Gasteiger partial charge in [0.15, 0.2) is 0 Å². The van der Waals surface area contributed by atoms with Crippen molar-refractivity contribution >= 4 is 0 Å². The molecule has 0 saturated carbocycles. The highest BCUT2D eigenvalue weighted by molar-refractivity contribution is 5.38. The molecule has 2 atom stereocenters. The second kappa shape index (κ2) is 5.98. The molecule has 1 aliphatic rings. The average Bonchev–Trinajstić information content (AvgIpc) is 2.53. The zero-order valence-electron chi connectivity index (χ0n) is 11.2. The monoisotopic (exact) mass is 270 g/mol. The van der Waals surface area contributed by atoms with Crippen LogP contribution < -0.4 is 16.0 Å². The minimum atomic E-state index is 0.0710. The standard InChI is InChI=1S/C15H18N4O/c16-19-14(12-5-7-17-18-10-12)9-11-6-8-20-15-4-2-1-3-13(11)15/h1-5,7,10-11,14,19H,6,8-9,16H2. The number of aromatic nitrogens is 2. The predicted molar refractivity (Wildman–Crippen MR) is 76.0 cm³/mol. The van der Waals surface area contributed by atoms with E-state index in [0.717, 1.165) is 30.8 Å². The number of rotatable bonds is 4. The van der Waals surface area contributed by atoms with Gasteiger partial charge in [0, 0.05) is 12.2 Å². The Labute approximate surface area is 118 Å². The average molecular weight is 270 g/mol. The highest BCUT2D eigenvalue weighted by atomic mass is 16.5. The Balaban J connectivity index is 1.81. The molecule has 3 rings (SSSR count). The molecule has 3 N–H and O–H groups in total. The summed E-state index contributed by atoms with van der Waals surface area (Å²) in [5.74, 6) is 7.14. The smallest absolute Gasteiger partial charge is 0.122 e. The highest BCUT2D eigenvalue weighted by Gasteiger charge is 2.24. The Hall–Kier alpha value is -1.98. The van der Waals surface area contributed by atoms with Crippen LogP contribution in [-0.2, 0) is 0 Å². The number of nitrogens with one attached hydrogen (secondary N) is 1. The van der Waals surface area contributed by atoms with Crippen LogP contribution in [0, 0.1) is 0 Å². The van der Waals surface area contributed by atoms with Crippen molar-refractivity contribution in [2.45, 2.75) is 24.8 Å². The minimum Gasteiger partial charge on any atom is -0.493 e. The fourth-order valence-electron chi connectivity index (χ4n) is 2.75. The summed E-state index contributed by atoms with van der Waals surface area (Å²) < 4.78 is 5.70. The van der Waals surface area contributed by atoms with E-state index in [2.05, 4.69) is 27.8 Å². The molecule has 0 saturated heterocycles. The normalized spacial score (nSPS) is 18.9. The molecule has 5 heteroatoms. The largest absolute Gasteiger partial charge is 0.493 e. The Morgan fingerprint density at radius 1 is 1.30 bits per heavy atom. The molecular weight excluding hydrogens is 252 g/mol. The topological polar surface area (TPSA) is 73.1 Å². The number of nitrogens with two attached hydrogens (primary N) is 1. The number of hydrazine groups is 1. The third kappa shape index (κ3) is 2.64. The maximum Gasteiger partial charge on any atom is 0.122 e. The van der Waals surface area contributed by atoms with Gasteiger partial charge in [0.1, 0.15) is 5.75 Å². The van der Waals surface area contributed by atoms with Gasteiger partial charge in [-0.25, -0.2) is 0 Å². The number of para-hydroxylation sites is 1. The van der Waals surface area contributed by atoms with Crippen LogP contribution in [0.25, 0.3) is 0 Å². The second-order valence-corrected chi connectivity index (χ2v) is 5.00. The number of benzene rings is 1. The molecule has 0 radical (unpaired) electrons. The third-order valence-corrected chi connectivity index (χ3v) is 3.81. The molecule has 2 heterocycles. The fraction of sp³-hybridized carbons (Fsp3) is 0.333. The second-order valence-electron chi connectivity index (χ2n) is 5.00. The van der Waals surface area contributed by atoms with Gasteiger partial charge < -0.3 is 4.74 Å². The van der Waals surface area contributed by atoms with Crippen LogP contribution in [0.4, 0.5) is 0 Å². The number of hydrogen-bond donors (Lipinski definition) is 2. The highest BCUT2D eigenvalue weighted by Crippen LogP contribution is 2.38. The van der Waals surface area contributed by atoms with Crippen LogP contribution in [0.2, 0.25) is 0 Å². The van der Waals surface area contributed by atoms with E-state index < -0.39 is 0 Å². The molecule has 2 aromatic rings. The molecule has 5 nitrogen and oxygen atoms in total. The summed E-state index contributed by atoms with van der Waals surface area (Å²) in [5.41, 5.74) is 5.21. The minimum absolute atomic E-state index is 0.0710. The van der Waals surface area contributed by atoms with E-state index in [0.29, 0.717) is 5.92 Å². The van der Waals surface area contributed by atoms with Gasteiger partial charge in [-0.1, -0.05) is 18.2 Å². The van der Waals surface area contributed by atoms with E-state index in [1.54, 1.807) is 12.4 Å². The van der Waals surface area contributed by atoms with E-state index >= 15 is 0 Å². The van der Waals surface area contributed by atoms with E-state index in [-0.39, 0.29) is 6.04 Å². The van der Waals surface area contributed by atoms with Crippen molar-refractivity contribution in [1.29, 1.82) is 0 Å². The SMILES string of the molecule is NNC(CC1CCOc2ccccc21)c1ccnnc1. The van der Waals surface area contributed by atoms with Crippen LogP contribution in [0.3, 0.4) is 0 Å². The first-order valence-corrected chi connectivity index (χ1v) is 6.83. The quantitative estimate of drug-likeness (QED) is 0.656. The summed E-state index contributed by atoms with van der Waals surface area (Å²) in [6.45, 7) is 0.758. The van der Waals surface area contributed by atoms with Crippen LogP contribution >= 0.6 is 0 Å². The van der Waals surface area contributed by atoms with E-state index in [4.69, 9.17) is 10.6 Å². The molecular formula is C15H18N4O. The summed E-state index contributed by atoms with van der Waals surface area (Å²) >= 11 is 0. The van der Waals surface area contributed by atoms with Gasteiger partial charge in [-0.05, 0) is 42.0 Å². The first kappa shape index (κ1) is 13.0. The first-order chi connectivity index (χ1) is 9.88. The molecule has 20 heavy (non-hydrogen) atoms. The summed E-state index contributed by atoms with van der Waals surface area (Å²) in [6, 6.07) is 10.2. The fourth-order valence-corrected chi connectivity index (χ4v) is 2.75. The molecule has 2 unspecified atom stereocenters. The summed E-state index contributed by atoms with van der Waals surface area (Å²) in [4.78, 5) is 0. The number of ether oxygens (including phenoxy) is 1. The molecule has 1 aromatic carbocycles. The van der Waals surface area contributed by atoms with Crippen LogP contribution in [0.15, 0.2) is 42.7 Å². The zero-order chi connectivity index (χ0) is 13.8. The molecule has 0 amide bonds. The van der Waals surface area contributed by atoms with Crippen molar-refractivity contribution in [3.63, 3.8) is 0 Å². The summed E-state index contributed by atoms with van der Waals surface area (Å²) in [6.07, 6.45) is 5.38. The lowest BCUT2D eigenvalue weighted by Crippen LogP contribution is -2.30. The maximum atomic E-state index is 5.71. The van der Waals surface area contributed by atoms with Crippen molar-refractivity contribution < 1.29 is 4.74 Å². The van der Waals surface area contributed by atoms with Crippen LogP contribution in [0.1, 0.15) is 35.9 Å². The van der Waals surface area contributed by atoms with Crippen molar-refractivity contribution in [1.82, 2.24) is 15.6 Å². The lowest BCUT2D eigenvalue weighted by molar-refractivity contribution is 0.255. The molecule has 0 aliphatic carbocycles. The Kier molecular flexibility index (Phi) is 3.90. The maximum absolute atomic E-state index is 5.71. The van der Waals surface area contributed by atoms with E-state index in [1.165, 1.54) is 5.56 Å². The van der Waals surface area contributed by atoms with E-state index in [9.17, 15) is 0 Å². The van der Waals surface area contributed by atoms with Crippen LogP contribution in [-0.4, -0.2) is 16.8 Å². The number of fused-ring (bicyclic) bond motifs is 1. The molecule has 0 fully saturated rings. The van der Waals surface area contributed by atoms with Gasteiger partial charge in [0.2, 0.25) is 0 Å². The van der Waals surface area contributed by atoms with Crippen molar-refractivity contribution in [3.8, 4) is 5.75 Å². The van der Waals surface area contributed by atoms with Gasteiger partial charge >= 0.3 is 0 Å². The lowest BCUT2D eigenvalue weighted by Gasteiger charge is -2.28. The predicted octanol–water partition coefficient (Wildman–Crippen LogP) is 1.94. The molecule has 104 valence electrons. The summed E-state index contributed by atoms with van der Waals surface area (Å²) in [5, 5.41) is 7.73. The lowest BCUT2D eigenvalue weighted by atomic mass is 9.86. The molecule has 0 spiro atoms. The Bertz CT molecular complexity index is 561. The summed E-state index contributed by atoms with van der Waals surface area (Å²) in [7, 11) is 0. The Morgan fingerprint density at radius 3 is 3.00 bits per heavy atom. The number of hydrogen-bond acceptors (Lipinski definition) is 5. The first-order valence-electron chi connectivity index (χ1n) is 6.83. The Morgan fingerprint density at radius 2 is 2.20 bits per heavy atom. The number of nitrogens with zero attached hydrogens (tertiary/aromatic N) is 2. The van der Waals surface area contributed by atoms with Gasteiger partial charge in [0.25, 0.3) is 0 Å². The van der Waals surface area contributed by atoms with Crippen LogP contribution in [0.5, 0.6) is 5.75 Å². The van der Waals surface area contributed by atoms with Crippen molar-refractivity contribution in [3.05, 3.63) is 53.9 Å². The van der Waals surface area contributed by atoms with Gasteiger partial charge in [-0.3, -0.25) is 11.3 Å². The molecule has 1 aliphatic heterocycles. The van der Waals surface area contributed by atoms with Gasteiger partial charge in [-0.2, -0.15) is 10.2 Å². The molecule has 0 bridgehead atoms.